The molecule has 2 aliphatic heterocycles. The molecule has 11 heteroatoms. The fourth-order valence-corrected chi connectivity index (χ4v) is 3.68. The van der Waals surface area contributed by atoms with Gasteiger partial charge in [0, 0.05) is 23.5 Å². The van der Waals surface area contributed by atoms with Crippen LogP contribution < -0.4 is 0 Å². The van der Waals surface area contributed by atoms with Crippen LogP contribution >= 0.6 is 12.6 Å². The highest BCUT2D eigenvalue weighted by atomic mass is 32.1. The van der Waals surface area contributed by atoms with Crippen molar-refractivity contribution in [1.29, 1.82) is 0 Å². The largest absolute Gasteiger partial charge is 0.477 e. The van der Waals surface area contributed by atoms with Gasteiger partial charge in [0.1, 0.15) is 12.3 Å². The van der Waals surface area contributed by atoms with Gasteiger partial charge in [-0.25, -0.2) is 9.59 Å². The summed E-state index contributed by atoms with van der Waals surface area (Å²) in [5.41, 5.74) is -0.754. The van der Waals surface area contributed by atoms with Gasteiger partial charge in [0.2, 0.25) is 5.91 Å². The summed E-state index contributed by atoms with van der Waals surface area (Å²) >= 11 is 4.14. The van der Waals surface area contributed by atoms with Crippen molar-refractivity contribution in [3.8, 4) is 0 Å². The van der Waals surface area contributed by atoms with Gasteiger partial charge in [-0.05, 0) is 12.5 Å². The zero-order valence-electron chi connectivity index (χ0n) is 14.7. The molecule has 2 unspecified atom stereocenters. The minimum atomic E-state index is -1.22. The van der Waals surface area contributed by atoms with E-state index in [-0.39, 0.29) is 30.8 Å². The number of rotatable bonds is 7. The second kappa shape index (κ2) is 7.24. The summed E-state index contributed by atoms with van der Waals surface area (Å²) in [5.74, 6) is -2.39. The fraction of sp³-hybridized carbons (Fsp3) is 0.353. The monoisotopic (exact) mass is 408 g/mol. The van der Waals surface area contributed by atoms with Crippen LogP contribution in [0.1, 0.15) is 18.9 Å². The Morgan fingerprint density at radius 3 is 2.61 bits per heavy atom. The van der Waals surface area contributed by atoms with E-state index in [1.54, 1.807) is 6.92 Å². The lowest BCUT2D eigenvalue weighted by Crippen LogP contribution is -2.67. The number of carbonyl (C=O) groups excluding carboxylic acids is 2. The lowest BCUT2D eigenvalue weighted by Gasteiger charge is -2.50. The van der Waals surface area contributed by atoms with Crippen LogP contribution in [0.4, 0.5) is 5.69 Å². The second-order valence-corrected chi connectivity index (χ2v) is 7.27. The Balaban J connectivity index is 1.51. The summed E-state index contributed by atoms with van der Waals surface area (Å²) < 4.78 is 0. The van der Waals surface area contributed by atoms with Crippen molar-refractivity contribution in [2.75, 3.05) is 6.61 Å². The van der Waals surface area contributed by atoms with Gasteiger partial charge in [0.15, 0.2) is 0 Å². The quantitative estimate of drug-likeness (QED) is 0.227. The van der Waals surface area contributed by atoms with Crippen molar-refractivity contribution in [3.05, 3.63) is 50.5 Å². The van der Waals surface area contributed by atoms with E-state index in [1.165, 1.54) is 29.2 Å². The molecular weight excluding hydrogens is 392 g/mol. The van der Waals surface area contributed by atoms with Crippen molar-refractivity contribution in [3.63, 3.8) is 0 Å². The Morgan fingerprint density at radius 2 is 2.04 bits per heavy atom. The number of hydrogen-bond acceptors (Lipinski definition) is 8. The Bertz CT molecular complexity index is 897. The summed E-state index contributed by atoms with van der Waals surface area (Å²) in [6, 6.07) is 4.98. The zero-order valence-corrected chi connectivity index (χ0v) is 15.5. The molecule has 0 saturated carbocycles. The van der Waals surface area contributed by atoms with Crippen LogP contribution in [0.5, 0.6) is 0 Å². The van der Waals surface area contributed by atoms with E-state index in [0.717, 1.165) is 0 Å². The molecule has 2 atom stereocenters. The van der Waals surface area contributed by atoms with Gasteiger partial charge in [0.25, 0.3) is 5.69 Å². The lowest BCUT2D eigenvalue weighted by molar-refractivity contribution is -0.384. The first-order chi connectivity index (χ1) is 13.1. The predicted octanol–water partition coefficient (Wildman–Crippen LogP) is 1.46. The average molecular weight is 408 g/mol. The Kier molecular flexibility index (Phi) is 5.13. The fourth-order valence-electron chi connectivity index (χ4n) is 3.30. The maximum atomic E-state index is 12.4. The summed E-state index contributed by atoms with van der Waals surface area (Å²) in [7, 11) is 0. The maximum Gasteiger partial charge on any atom is 0.353 e. The van der Waals surface area contributed by atoms with Crippen LogP contribution in [0.2, 0.25) is 0 Å². The number of nitro benzene ring substituents is 1. The first-order valence-electron chi connectivity index (χ1n) is 8.20. The molecule has 0 aromatic heterocycles. The number of β-lactam (4-membered cyclic amide) rings is 1. The first kappa shape index (κ1) is 19.8. The third-order valence-corrected chi connectivity index (χ3v) is 5.26. The first-order valence-corrected chi connectivity index (χ1v) is 8.64. The topological polar surface area (TPSA) is 136 Å². The number of carboxylic acids is 1. The number of aliphatic carboxylic acids is 1. The Labute approximate surface area is 164 Å². The average Bonchev–Trinajstić information content (AvgIpc) is 2.97. The van der Waals surface area contributed by atoms with Crippen molar-refractivity contribution < 1.29 is 34.2 Å². The molecular formula is C17H16N2O8S. The summed E-state index contributed by atoms with van der Waals surface area (Å²) in [5, 5.41) is 19.8. The molecule has 28 heavy (non-hydrogen) atoms. The molecule has 1 N–H and O–H groups in total. The van der Waals surface area contributed by atoms with E-state index in [4.69, 9.17) is 9.78 Å². The molecule has 0 radical (unpaired) electrons. The molecule has 10 nitrogen and oxygen atoms in total. The van der Waals surface area contributed by atoms with Crippen LogP contribution in [-0.4, -0.2) is 45.4 Å². The molecule has 0 spiro atoms. The summed E-state index contributed by atoms with van der Waals surface area (Å²) in [6.45, 7) is 1.37. The molecule has 3 rings (SSSR count). The van der Waals surface area contributed by atoms with Crippen molar-refractivity contribution >= 4 is 36.2 Å². The van der Waals surface area contributed by atoms with Crippen LogP contribution in [0.15, 0.2) is 34.9 Å². The molecule has 1 saturated heterocycles. The standard InChI is InChI=1S/C17H16N2O8S/c1-17(12-7-11(28)14(15(21)22)18(12)16(17)23)8-26-27-13(20)6-9-2-4-10(5-3-9)19(24)25/h2-5,12,28H,6-8H2,1H3,(H,21,22). The number of amides is 1. The van der Waals surface area contributed by atoms with Gasteiger partial charge >= 0.3 is 11.9 Å². The van der Waals surface area contributed by atoms with Crippen molar-refractivity contribution in [2.24, 2.45) is 5.41 Å². The third-order valence-electron chi connectivity index (χ3n) is 4.86. The van der Waals surface area contributed by atoms with Gasteiger partial charge < -0.3 is 10.0 Å². The van der Waals surface area contributed by atoms with E-state index in [0.29, 0.717) is 10.5 Å². The number of non-ortho nitro benzene ring substituents is 1. The highest BCUT2D eigenvalue weighted by molar-refractivity contribution is 7.84. The molecule has 1 aromatic rings. The molecule has 1 aromatic carbocycles. The van der Waals surface area contributed by atoms with Gasteiger partial charge in [-0.15, -0.1) is 12.6 Å². The maximum absolute atomic E-state index is 12.4. The minimum absolute atomic E-state index is 0.0937. The van der Waals surface area contributed by atoms with Crippen LogP contribution in [0.3, 0.4) is 0 Å². The van der Waals surface area contributed by atoms with Gasteiger partial charge in [-0.3, -0.25) is 19.8 Å². The molecule has 148 valence electrons. The van der Waals surface area contributed by atoms with E-state index in [2.05, 4.69) is 12.6 Å². The molecule has 1 amide bonds. The van der Waals surface area contributed by atoms with Crippen LogP contribution in [0, 0.1) is 15.5 Å². The summed E-state index contributed by atoms with van der Waals surface area (Å²) in [6.07, 6.45) is 0.122. The van der Waals surface area contributed by atoms with E-state index < -0.39 is 34.2 Å². The number of nitrogens with zero attached hydrogens (tertiary/aromatic N) is 2. The molecule has 2 heterocycles. The number of nitro groups is 1. The van der Waals surface area contributed by atoms with Gasteiger partial charge in [0.05, 0.1) is 22.8 Å². The number of thiol groups is 1. The zero-order chi connectivity index (χ0) is 20.6. The number of carboxylic acid groups (broad SMARTS) is 1. The van der Waals surface area contributed by atoms with Crippen LogP contribution in [-0.2, 0) is 30.6 Å². The normalized spacial score (nSPS) is 23.3. The third kappa shape index (κ3) is 3.34. The lowest BCUT2D eigenvalue weighted by atomic mass is 9.73. The highest BCUT2D eigenvalue weighted by Crippen LogP contribution is 2.50. The smallest absolute Gasteiger partial charge is 0.353 e. The predicted molar refractivity (Wildman–Crippen MR) is 95.9 cm³/mol. The number of fused-ring (bicyclic) bond motifs is 1. The highest BCUT2D eigenvalue weighted by Gasteiger charge is 2.63. The minimum Gasteiger partial charge on any atom is -0.477 e. The number of carbonyl (C=O) groups is 3. The van der Waals surface area contributed by atoms with E-state index >= 15 is 0 Å². The molecule has 2 aliphatic rings. The SMILES string of the molecule is CC1(COOC(=O)Cc2ccc([N+](=O)[O-])cc2)C(=O)N2C(C(=O)O)=C(S)CC21. The summed E-state index contributed by atoms with van der Waals surface area (Å²) in [4.78, 5) is 56.7. The second-order valence-electron chi connectivity index (χ2n) is 6.73. The van der Waals surface area contributed by atoms with Crippen molar-refractivity contribution in [2.45, 2.75) is 25.8 Å². The van der Waals surface area contributed by atoms with Gasteiger partial charge in [-0.2, -0.15) is 4.89 Å². The number of benzene rings is 1. The van der Waals surface area contributed by atoms with E-state index in [9.17, 15) is 29.6 Å². The number of hydrogen-bond donors (Lipinski definition) is 2. The van der Waals surface area contributed by atoms with Gasteiger partial charge in [-0.1, -0.05) is 12.1 Å². The Morgan fingerprint density at radius 1 is 1.39 bits per heavy atom. The Hall–Kier alpha value is -2.92. The van der Waals surface area contributed by atoms with E-state index in [1.807, 2.05) is 0 Å². The van der Waals surface area contributed by atoms with Crippen LogP contribution in [0.25, 0.3) is 0 Å². The van der Waals surface area contributed by atoms with Crippen molar-refractivity contribution in [1.82, 2.24) is 4.90 Å². The molecule has 1 fully saturated rings. The molecule has 0 bridgehead atoms. The molecule has 0 aliphatic carbocycles.